The molecule has 0 atom stereocenters. The molecule has 2 nitrogen and oxygen atoms in total. The largest absolute Gasteiger partial charge is 0.417 e. The van der Waals surface area contributed by atoms with Crippen LogP contribution in [0.1, 0.15) is 19.8 Å². The van der Waals surface area contributed by atoms with Gasteiger partial charge in [0, 0.05) is 6.08 Å². The number of halogens is 5. The van der Waals surface area contributed by atoms with Crippen LogP contribution in [0.5, 0.6) is 5.75 Å². The second-order valence-corrected chi connectivity index (χ2v) is 4.48. The van der Waals surface area contributed by atoms with Gasteiger partial charge in [0.05, 0.1) is 0 Å². The van der Waals surface area contributed by atoms with Crippen molar-refractivity contribution in [3.63, 3.8) is 0 Å². The summed E-state index contributed by atoms with van der Waals surface area (Å²) >= 11 is 0. The van der Waals surface area contributed by atoms with E-state index in [1.807, 2.05) is 0 Å². The maximum Gasteiger partial charge on any atom is 0.336 e. The highest BCUT2D eigenvalue weighted by molar-refractivity contribution is 5.85. The zero-order valence-corrected chi connectivity index (χ0v) is 10.3. The predicted octanol–water partition coefficient (Wildman–Crippen LogP) is 3.64. The number of hydrogen-bond donors (Lipinski definition) is 0. The Balaban J connectivity index is 2.29. The van der Waals surface area contributed by atoms with Gasteiger partial charge >= 0.3 is 5.97 Å². The number of hydrogen-bond acceptors (Lipinski definition) is 2. The molecule has 108 valence electrons. The van der Waals surface area contributed by atoms with E-state index < -0.39 is 40.8 Å². The van der Waals surface area contributed by atoms with Crippen LogP contribution in [0, 0.1) is 35.0 Å². The highest BCUT2D eigenvalue weighted by atomic mass is 19.2. The van der Waals surface area contributed by atoms with Gasteiger partial charge in [-0.25, -0.2) is 18.0 Å². The molecule has 0 spiro atoms. The Bertz CT molecular complexity index is 576. The summed E-state index contributed by atoms with van der Waals surface area (Å²) in [5.41, 5.74) is 0.638. The monoisotopic (exact) mass is 292 g/mol. The van der Waals surface area contributed by atoms with E-state index >= 15 is 0 Å². The molecule has 2 rings (SSSR count). The number of carbonyl (C=O) groups is 1. The average Bonchev–Trinajstić information content (AvgIpc) is 3.23. The molecule has 1 aliphatic carbocycles. The molecule has 0 aromatic heterocycles. The van der Waals surface area contributed by atoms with Crippen LogP contribution in [0.4, 0.5) is 22.0 Å². The van der Waals surface area contributed by atoms with E-state index in [1.165, 1.54) is 0 Å². The van der Waals surface area contributed by atoms with Gasteiger partial charge in [0.2, 0.25) is 34.8 Å². The number of carbonyl (C=O) groups excluding carboxylic acids is 1. The predicted molar refractivity (Wildman–Crippen MR) is 58.3 cm³/mol. The maximum absolute atomic E-state index is 13.3. The van der Waals surface area contributed by atoms with E-state index in [-0.39, 0.29) is 5.92 Å². The van der Waals surface area contributed by atoms with E-state index in [1.54, 1.807) is 6.92 Å². The lowest BCUT2D eigenvalue weighted by Gasteiger charge is -2.07. The molecule has 0 amide bonds. The molecule has 1 aromatic rings. The molecule has 0 bridgehead atoms. The number of ether oxygens (including phenoxy) is 1. The van der Waals surface area contributed by atoms with Crippen molar-refractivity contribution in [2.75, 3.05) is 0 Å². The van der Waals surface area contributed by atoms with Crippen LogP contribution < -0.4 is 4.74 Å². The van der Waals surface area contributed by atoms with Gasteiger partial charge in [-0.2, -0.15) is 8.78 Å². The Morgan fingerprint density at radius 1 is 1.00 bits per heavy atom. The lowest BCUT2D eigenvalue weighted by molar-refractivity contribution is -0.129. The minimum absolute atomic E-state index is 0.207. The van der Waals surface area contributed by atoms with Crippen LogP contribution in [0.3, 0.4) is 0 Å². The molecule has 1 aromatic carbocycles. The number of allylic oxidation sites excluding steroid dienone is 1. The SMILES string of the molecule is CC(=CC(=O)Oc1c(F)c(F)c(F)c(F)c1F)C1CC1. The van der Waals surface area contributed by atoms with Gasteiger partial charge in [-0.1, -0.05) is 5.57 Å². The molecule has 7 heteroatoms. The third-order valence-corrected chi connectivity index (χ3v) is 2.94. The van der Waals surface area contributed by atoms with Crippen LogP contribution in [0.15, 0.2) is 11.6 Å². The van der Waals surface area contributed by atoms with Gasteiger partial charge in [0.25, 0.3) is 0 Å². The van der Waals surface area contributed by atoms with Gasteiger partial charge in [-0.15, -0.1) is 0 Å². The zero-order chi connectivity index (χ0) is 15.0. The van der Waals surface area contributed by atoms with Gasteiger partial charge < -0.3 is 4.74 Å². The highest BCUT2D eigenvalue weighted by Crippen LogP contribution is 2.36. The standard InChI is InChI=1S/C13H9F5O2/c1-5(6-2-3-6)4-7(19)20-13-11(17)9(15)8(14)10(16)12(13)18/h4,6H,2-3H2,1H3. The van der Waals surface area contributed by atoms with Crippen LogP contribution >= 0.6 is 0 Å². The van der Waals surface area contributed by atoms with E-state index in [2.05, 4.69) is 4.74 Å². The summed E-state index contributed by atoms with van der Waals surface area (Å²) in [6.07, 6.45) is 2.76. The highest BCUT2D eigenvalue weighted by Gasteiger charge is 2.29. The molecular weight excluding hydrogens is 283 g/mol. The first-order valence-corrected chi connectivity index (χ1v) is 5.74. The molecule has 0 unspecified atom stereocenters. The van der Waals surface area contributed by atoms with Gasteiger partial charge in [-0.05, 0) is 25.7 Å². The molecule has 0 aliphatic heterocycles. The second-order valence-electron chi connectivity index (χ2n) is 4.48. The van der Waals surface area contributed by atoms with Crippen molar-refractivity contribution < 1.29 is 31.5 Å². The Kier molecular flexibility index (Phi) is 3.78. The van der Waals surface area contributed by atoms with Crippen LogP contribution in [0.2, 0.25) is 0 Å². The minimum Gasteiger partial charge on any atom is -0.417 e. The summed E-state index contributed by atoms with van der Waals surface area (Å²) in [5, 5.41) is 0. The average molecular weight is 292 g/mol. The summed E-state index contributed by atoms with van der Waals surface area (Å²) in [6, 6.07) is 0. The number of benzene rings is 1. The third-order valence-electron chi connectivity index (χ3n) is 2.94. The van der Waals surface area contributed by atoms with Crippen LogP contribution in [0.25, 0.3) is 0 Å². The summed E-state index contributed by atoms with van der Waals surface area (Å²) in [7, 11) is 0. The van der Waals surface area contributed by atoms with E-state index in [4.69, 9.17) is 0 Å². The molecule has 0 radical (unpaired) electrons. The summed E-state index contributed by atoms with van der Waals surface area (Å²) in [6.45, 7) is 1.62. The van der Waals surface area contributed by atoms with Crippen molar-refractivity contribution in [3.05, 3.63) is 40.7 Å². The summed E-state index contributed by atoms with van der Waals surface area (Å²) < 4.78 is 69.3. The molecule has 1 aliphatic rings. The summed E-state index contributed by atoms with van der Waals surface area (Å²) in [4.78, 5) is 11.4. The molecule has 1 saturated carbocycles. The lowest BCUT2D eigenvalue weighted by atomic mass is 10.2. The normalized spacial score (nSPS) is 15.4. The van der Waals surface area contributed by atoms with Gasteiger partial charge in [0.1, 0.15) is 0 Å². The van der Waals surface area contributed by atoms with Crippen molar-refractivity contribution in [1.82, 2.24) is 0 Å². The minimum atomic E-state index is -2.30. The topological polar surface area (TPSA) is 26.3 Å². The first-order chi connectivity index (χ1) is 9.32. The second kappa shape index (κ2) is 5.22. The van der Waals surface area contributed by atoms with E-state index in [9.17, 15) is 26.7 Å². The number of esters is 1. The first kappa shape index (κ1) is 14.5. The number of rotatable bonds is 3. The maximum atomic E-state index is 13.3. The smallest absolute Gasteiger partial charge is 0.336 e. The van der Waals surface area contributed by atoms with E-state index in [0.29, 0.717) is 5.57 Å². The van der Waals surface area contributed by atoms with Crippen molar-refractivity contribution in [2.45, 2.75) is 19.8 Å². The Labute approximate surface area is 110 Å². The Morgan fingerprint density at radius 2 is 1.45 bits per heavy atom. The zero-order valence-electron chi connectivity index (χ0n) is 10.3. The molecule has 20 heavy (non-hydrogen) atoms. The van der Waals surface area contributed by atoms with Crippen molar-refractivity contribution in [3.8, 4) is 5.75 Å². The lowest BCUT2D eigenvalue weighted by Crippen LogP contribution is -2.12. The van der Waals surface area contributed by atoms with E-state index in [0.717, 1.165) is 18.9 Å². The molecular formula is C13H9F5O2. The Hall–Kier alpha value is -1.92. The van der Waals surface area contributed by atoms with Crippen LogP contribution in [-0.2, 0) is 4.79 Å². The first-order valence-electron chi connectivity index (χ1n) is 5.74. The Morgan fingerprint density at radius 3 is 1.90 bits per heavy atom. The fraction of sp³-hybridized carbons (Fsp3) is 0.308. The molecule has 1 fully saturated rings. The van der Waals surface area contributed by atoms with Crippen molar-refractivity contribution >= 4 is 5.97 Å². The van der Waals surface area contributed by atoms with Crippen molar-refractivity contribution in [1.29, 1.82) is 0 Å². The molecule has 0 N–H and O–H groups in total. The van der Waals surface area contributed by atoms with Crippen LogP contribution in [-0.4, -0.2) is 5.97 Å². The van der Waals surface area contributed by atoms with Gasteiger partial charge in [-0.3, -0.25) is 0 Å². The molecule has 0 heterocycles. The third kappa shape index (κ3) is 2.66. The quantitative estimate of drug-likeness (QED) is 0.212. The van der Waals surface area contributed by atoms with Gasteiger partial charge in [0.15, 0.2) is 0 Å². The fourth-order valence-electron chi connectivity index (χ4n) is 1.65. The van der Waals surface area contributed by atoms with Crippen molar-refractivity contribution in [2.24, 2.45) is 5.92 Å². The summed E-state index contributed by atoms with van der Waals surface area (Å²) in [5.74, 6) is -13.5. The molecule has 0 saturated heterocycles. The fourth-order valence-corrected chi connectivity index (χ4v) is 1.65.